The number of piperazine rings is 1. The van der Waals surface area contributed by atoms with Crippen molar-refractivity contribution in [3.8, 4) is 0 Å². The zero-order valence-electron chi connectivity index (χ0n) is 17.3. The van der Waals surface area contributed by atoms with Crippen molar-refractivity contribution in [2.75, 3.05) is 70.1 Å². The van der Waals surface area contributed by atoms with Crippen molar-refractivity contribution in [1.82, 2.24) is 19.9 Å². The van der Waals surface area contributed by atoms with Gasteiger partial charge in [0.25, 0.3) is 6.47 Å². The Hall–Kier alpha value is -2.34. The van der Waals surface area contributed by atoms with Crippen LogP contribution in [0, 0.1) is 6.92 Å². The molecule has 0 radical (unpaired) electrons. The molecule has 11 heteroatoms. The predicted molar refractivity (Wildman–Crippen MR) is 114 cm³/mol. The van der Waals surface area contributed by atoms with Gasteiger partial charge in [0.05, 0.1) is 23.0 Å². The number of hydrogen-bond donors (Lipinski definition) is 1. The van der Waals surface area contributed by atoms with Gasteiger partial charge in [0, 0.05) is 52.1 Å². The Morgan fingerprint density at radius 2 is 2.13 bits per heavy atom. The molecule has 0 aromatic carbocycles. The van der Waals surface area contributed by atoms with Crippen LogP contribution in [0.3, 0.4) is 0 Å². The third-order valence-electron chi connectivity index (χ3n) is 4.72. The standard InChI is InChI=1S/C19H28N6O4S/c1-15-21-18(23-16(11-29-13-26)17-10-20-12-30-17)9-19(22-15)25-5-3-24(4-6-25)7-8-28-14-27-2/h9-10,12-13,16H,3-8,11,14H2,1-2H3,(H,21,22,23). The molecule has 30 heavy (non-hydrogen) atoms. The lowest BCUT2D eigenvalue weighted by Gasteiger charge is -2.35. The lowest BCUT2D eigenvalue weighted by atomic mass is 10.2. The molecule has 1 saturated heterocycles. The largest absolute Gasteiger partial charge is 0.465 e. The number of anilines is 2. The van der Waals surface area contributed by atoms with Gasteiger partial charge < -0.3 is 24.4 Å². The second-order valence-corrected chi connectivity index (χ2v) is 7.75. The molecule has 2 aromatic rings. The summed E-state index contributed by atoms with van der Waals surface area (Å²) < 4.78 is 15.3. The SMILES string of the molecule is COCOCCN1CCN(c2cc(NC(COC=O)c3cncs3)nc(C)n2)CC1. The van der Waals surface area contributed by atoms with Crippen molar-refractivity contribution in [3.63, 3.8) is 0 Å². The summed E-state index contributed by atoms with van der Waals surface area (Å²) in [5.41, 5.74) is 1.75. The van der Waals surface area contributed by atoms with Gasteiger partial charge in [-0.25, -0.2) is 9.97 Å². The van der Waals surface area contributed by atoms with Gasteiger partial charge in [-0.3, -0.25) is 14.7 Å². The number of aromatic nitrogens is 3. The number of aryl methyl sites for hydroxylation is 1. The Kier molecular flexibility index (Phi) is 8.75. The highest BCUT2D eigenvalue weighted by Gasteiger charge is 2.20. The summed E-state index contributed by atoms with van der Waals surface area (Å²) in [6.07, 6.45) is 1.76. The van der Waals surface area contributed by atoms with Crippen molar-refractivity contribution < 1.29 is 19.0 Å². The highest BCUT2D eigenvalue weighted by molar-refractivity contribution is 7.09. The highest BCUT2D eigenvalue weighted by atomic mass is 32.1. The molecule has 1 unspecified atom stereocenters. The summed E-state index contributed by atoms with van der Waals surface area (Å²) in [6, 6.07) is 1.73. The number of nitrogens with zero attached hydrogens (tertiary/aromatic N) is 5. The number of carbonyl (C=O) groups excluding carboxylic acids is 1. The monoisotopic (exact) mass is 436 g/mol. The quantitative estimate of drug-likeness (QED) is 0.298. The van der Waals surface area contributed by atoms with Crippen molar-refractivity contribution in [2.24, 2.45) is 0 Å². The third-order valence-corrected chi connectivity index (χ3v) is 5.61. The summed E-state index contributed by atoms with van der Waals surface area (Å²) in [7, 11) is 1.63. The van der Waals surface area contributed by atoms with Crippen LogP contribution in [0.1, 0.15) is 16.7 Å². The minimum atomic E-state index is -0.214. The van der Waals surface area contributed by atoms with E-state index in [1.165, 1.54) is 11.3 Å². The normalized spacial score (nSPS) is 15.7. The minimum absolute atomic E-state index is 0.202. The van der Waals surface area contributed by atoms with Gasteiger partial charge in [0.1, 0.15) is 30.9 Å². The molecule has 1 aliphatic heterocycles. The molecule has 1 atom stereocenters. The number of nitrogens with one attached hydrogen (secondary N) is 1. The van der Waals surface area contributed by atoms with Crippen LogP contribution in [0.15, 0.2) is 17.8 Å². The summed E-state index contributed by atoms with van der Waals surface area (Å²) in [5, 5.41) is 3.36. The van der Waals surface area contributed by atoms with E-state index >= 15 is 0 Å². The van der Waals surface area contributed by atoms with Crippen molar-refractivity contribution >= 4 is 29.4 Å². The lowest BCUT2D eigenvalue weighted by molar-refractivity contribution is -0.129. The van der Waals surface area contributed by atoms with E-state index in [0.717, 1.165) is 43.4 Å². The summed E-state index contributed by atoms with van der Waals surface area (Å²) in [5.74, 6) is 2.27. The first-order valence-corrected chi connectivity index (χ1v) is 10.7. The van der Waals surface area contributed by atoms with Gasteiger partial charge in [-0.1, -0.05) is 0 Å². The summed E-state index contributed by atoms with van der Waals surface area (Å²) in [4.78, 5) is 29.5. The molecule has 3 rings (SSSR count). The van der Waals surface area contributed by atoms with Crippen LogP contribution >= 0.6 is 11.3 Å². The van der Waals surface area contributed by atoms with E-state index in [1.807, 2.05) is 13.0 Å². The molecule has 0 aliphatic carbocycles. The van der Waals surface area contributed by atoms with E-state index in [0.29, 0.717) is 31.5 Å². The zero-order chi connectivity index (χ0) is 21.2. The number of thiazole rings is 1. The Balaban J connectivity index is 1.60. The number of methoxy groups -OCH3 is 1. The molecule has 164 valence electrons. The fourth-order valence-corrected chi connectivity index (χ4v) is 3.89. The Morgan fingerprint density at radius 1 is 1.30 bits per heavy atom. The van der Waals surface area contributed by atoms with Crippen LogP contribution in [-0.4, -0.2) is 86.2 Å². The van der Waals surface area contributed by atoms with Crippen LogP contribution in [-0.2, 0) is 19.0 Å². The molecule has 0 saturated carbocycles. The van der Waals surface area contributed by atoms with Gasteiger partial charge >= 0.3 is 0 Å². The van der Waals surface area contributed by atoms with Crippen molar-refractivity contribution in [1.29, 1.82) is 0 Å². The molecular formula is C19H28N6O4S. The van der Waals surface area contributed by atoms with Crippen LogP contribution in [0.25, 0.3) is 0 Å². The first-order valence-electron chi connectivity index (χ1n) is 9.79. The van der Waals surface area contributed by atoms with E-state index in [9.17, 15) is 4.79 Å². The molecule has 0 spiro atoms. The molecule has 2 aromatic heterocycles. The van der Waals surface area contributed by atoms with Crippen LogP contribution in [0.4, 0.5) is 11.6 Å². The number of hydrogen-bond acceptors (Lipinski definition) is 11. The van der Waals surface area contributed by atoms with E-state index in [1.54, 1.807) is 18.8 Å². The number of rotatable bonds is 12. The molecule has 1 N–H and O–H groups in total. The molecular weight excluding hydrogens is 408 g/mol. The van der Waals surface area contributed by atoms with Crippen molar-refractivity contribution in [3.05, 3.63) is 28.5 Å². The summed E-state index contributed by atoms with van der Waals surface area (Å²) in [6.45, 7) is 8.06. The Bertz CT molecular complexity index is 770. The third kappa shape index (κ3) is 6.59. The molecule has 0 bridgehead atoms. The minimum Gasteiger partial charge on any atom is -0.465 e. The van der Waals surface area contributed by atoms with E-state index in [2.05, 4.69) is 30.1 Å². The van der Waals surface area contributed by atoms with Gasteiger partial charge in [0.2, 0.25) is 0 Å². The number of carbonyl (C=O) groups is 1. The first kappa shape index (κ1) is 22.3. The molecule has 10 nitrogen and oxygen atoms in total. The maximum atomic E-state index is 10.7. The Morgan fingerprint density at radius 3 is 2.83 bits per heavy atom. The maximum Gasteiger partial charge on any atom is 0.293 e. The number of ether oxygens (including phenoxy) is 3. The van der Waals surface area contributed by atoms with Gasteiger partial charge in [-0.05, 0) is 6.92 Å². The van der Waals surface area contributed by atoms with E-state index in [-0.39, 0.29) is 12.6 Å². The lowest BCUT2D eigenvalue weighted by Crippen LogP contribution is -2.47. The smallest absolute Gasteiger partial charge is 0.293 e. The second kappa shape index (κ2) is 11.7. The fourth-order valence-electron chi connectivity index (χ4n) is 3.23. The van der Waals surface area contributed by atoms with Gasteiger partial charge in [-0.15, -0.1) is 11.3 Å². The fraction of sp³-hybridized carbons (Fsp3) is 0.579. The molecule has 1 aliphatic rings. The van der Waals surface area contributed by atoms with Gasteiger partial charge in [-0.2, -0.15) is 0 Å². The topological polar surface area (TPSA) is 102 Å². The van der Waals surface area contributed by atoms with Crippen LogP contribution < -0.4 is 10.2 Å². The molecule has 1 fully saturated rings. The van der Waals surface area contributed by atoms with Gasteiger partial charge in [0.15, 0.2) is 0 Å². The molecule has 3 heterocycles. The van der Waals surface area contributed by atoms with Crippen LogP contribution in [0.5, 0.6) is 0 Å². The van der Waals surface area contributed by atoms with E-state index in [4.69, 9.17) is 14.2 Å². The maximum absolute atomic E-state index is 10.7. The highest BCUT2D eigenvalue weighted by Crippen LogP contribution is 2.24. The summed E-state index contributed by atoms with van der Waals surface area (Å²) >= 11 is 1.50. The van der Waals surface area contributed by atoms with Crippen LogP contribution in [0.2, 0.25) is 0 Å². The predicted octanol–water partition coefficient (Wildman–Crippen LogP) is 1.31. The molecule has 0 amide bonds. The average Bonchev–Trinajstić information content (AvgIpc) is 3.29. The average molecular weight is 437 g/mol. The first-order chi connectivity index (χ1) is 14.7. The second-order valence-electron chi connectivity index (χ2n) is 6.83. The van der Waals surface area contributed by atoms with E-state index < -0.39 is 0 Å². The zero-order valence-corrected chi connectivity index (χ0v) is 18.1. The Labute approximate surface area is 180 Å². The van der Waals surface area contributed by atoms with Crippen molar-refractivity contribution in [2.45, 2.75) is 13.0 Å².